The maximum atomic E-state index is 12.7. The summed E-state index contributed by atoms with van der Waals surface area (Å²) >= 11 is 5.39. The number of hydrogen-bond acceptors (Lipinski definition) is 10. The lowest BCUT2D eigenvalue weighted by Crippen LogP contribution is -2.30. The average molecular weight is 609 g/mol. The molecule has 0 bridgehead atoms. The highest BCUT2D eigenvalue weighted by atomic mass is 32.2. The van der Waals surface area contributed by atoms with Crippen molar-refractivity contribution in [3.05, 3.63) is 54.1 Å². The van der Waals surface area contributed by atoms with Crippen LogP contribution in [0.1, 0.15) is 31.2 Å². The Hall–Kier alpha value is -1.85. The van der Waals surface area contributed by atoms with Crippen LogP contribution in [0.25, 0.3) is 0 Å². The van der Waals surface area contributed by atoms with Gasteiger partial charge in [-0.3, -0.25) is 9.59 Å². The summed E-state index contributed by atoms with van der Waals surface area (Å²) < 4.78 is 27.6. The number of ether oxygens (including phenoxy) is 5. The maximum absolute atomic E-state index is 12.7. The van der Waals surface area contributed by atoms with Gasteiger partial charge in [-0.15, -0.1) is 11.8 Å². The second-order valence-electron chi connectivity index (χ2n) is 9.33. The first-order valence-corrected chi connectivity index (χ1v) is 17.3. The van der Waals surface area contributed by atoms with Crippen LogP contribution in [0.4, 0.5) is 0 Å². The van der Waals surface area contributed by atoms with E-state index in [1.165, 1.54) is 0 Å². The van der Waals surface area contributed by atoms with Gasteiger partial charge in [-0.2, -0.15) is 23.5 Å². The second-order valence-corrected chi connectivity index (χ2v) is 12.6. The molecular formula is C30H40O7S3. The standard InChI is InChI=1S/C30H40O7S3/c1-33-15-17-39-18-16-35-26-11-13-28(14-12-26)37-30(32)25-7-5-24(6-8-25)29(31)36-27-9-3-23(4-10-27)21-34-22-40-20-19-38-2/h3-4,9-14,24-25H,5-8,15-22H2,1-2H3/t24-,25-. The Kier molecular flexibility index (Phi) is 15.8. The zero-order valence-electron chi connectivity index (χ0n) is 23.3. The summed E-state index contributed by atoms with van der Waals surface area (Å²) in [7, 11) is 1.70. The van der Waals surface area contributed by atoms with Crippen molar-refractivity contribution in [3.8, 4) is 17.2 Å². The molecule has 0 saturated heterocycles. The predicted octanol–water partition coefficient (Wildman–Crippen LogP) is 6.33. The normalized spacial score (nSPS) is 16.9. The summed E-state index contributed by atoms with van der Waals surface area (Å²) in [4.78, 5) is 25.4. The van der Waals surface area contributed by atoms with Crippen molar-refractivity contribution in [1.29, 1.82) is 0 Å². The van der Waals surface area contributed by atoms with Crippen molar-refractivity contribution in [2.45, 2.75) is 32.3 Å². The van der Waals surface area contributed by atoms with Crippen molar-refractivity contribution < 1.29 is 33.3 Å². The molecule has 0 atom stereocenters. The number of carbonyl (C=O) groups excluding carboxylic acids is 2. The highest BCUT2D eigenvalue weighted by Crippen LogP contribution is 2.31. The largest absolute Gasteiger partial charge is 0.493 e. The van der Waals surface area contributed by atoms with Crippen molar-refractivity contribution in [3.63, 3.8) is 0 Å². The molecule has 0 heterocycles. The van der Waals surface area contributed by atoms with Crippen LogP contribution >= 0.6 is 35.3 Å². The van der Waals surface area contributed by atoms with Crippen LogP contribution in [0.15, 0.2) is 48.5 Å². The predicted molar refractivity (Wildman–Crippen MR) is 165 cm³/mol. The molecule has 0 aliphatic heterocycles. The first-order valence-electron chi connectivity index (χ1n) is 13.6. The number of esters is 2. The van der Waals surface area contributed by atoms with E-state index in [2.05, 4.69) is 6.26 Å². The van der Waals surface area contributed by atoms with Crippen molar-refractivity contribution in [2.75, 3.05) is 55.5 Å². The Morgan fingerprint density at radius 1 is 0.725 bits per heavy atom. The summed E-state index contributed by atoms with van der Waals surface area (Å²) in [5.41, 5.74) is 1.04. The third kappa shape index (κ3) is 12.3. The molecule has 0 aromatic heterocycles. The highest BCUT2D eigenvalue weighted by molar-refractivity contribution is 8.02. The van der Waals surface area contributed by atoms with Crippen LogP contribution < -0.4 is 14.2 Å². The molecule has 10 heteroatoms. The van der Waals surface area contributed by atoms with Crippen molar-refractivity contribution in [2.24, 2.45) is 11.8 Å². The molecule has 40 heavy (non-hydrogen) atoms. The molecular weight excluding hydrogens is 569 g/mol. The van der Waals surface area contributed by atoms with Gasteiger partial charge in [0.25, 0.3) is 0 Å². The Morgan fingerprint density at radius 2 is 1.27 bits per heavy atom. The Labute approximate surface area is 250 Å². The van der Waals surface area contributed by atoms with Crippen molar-refractivity contribution in [1.82, 2.24) is 0 Å². The Balaban J connectivity index is 1.32. The lowest BCUT2D eigenvalue weighted by molar-refractivity contribution is -0.145. The van der Waals surface area contributed by atoms with Crippen LogP contribution in [0, 0.1) is 11.8 Å². The Morgan fingerprint density at radius 3 is 1.85 bits per heavy atom. The lowest BCUT2D eigenvalue weighted by atomic mass is 9.82. The fraction of sp³-hybridized carbons (Fsp3) is 0.533. The minimum atomic E-state index is -0.254. The molecule has 0 unspecified atom stereocenters. The third-order valence-corrected chi connectivity index (χ3v) is 8.98. The second kappa shape index (κ2) is 19.3. The van der Waals surface area contributed by atoms with E-state index in [4.69, 9.17) is 23.7 Å². The Bertz CT molecular complexity index is 912. The molecule has 0 amide bonds. The molecule has 220 valence electrons. The number of methoxy groups -OCH3 is 1. The first kappa shape index (κ1) is 32.7. The molecule has 3 rings (SSSR count). The molecule has 7 nitrogen and oxygen atoms in total. The van der Waals surface area contributed by atoms with Gasteiger partial charge in [0.05, 0.1) is 37.6 Å². The summed E-state index contributed by atoms with van der Waals surface area (Å²) in [6, 6.07) is 14.6. The van der Waals surface area contributed by atoms with Crippen LogP contribution in [-0.2, 0) is 25.7 Å². The van der Waals surface area contributed by atoms with Gasteiger partial charge >= 0.3 is 11.9 Å². The van der Waals surface area contributed by atoms with Crippen LogP contribution in [0.2, 0.25) is 0 Å². The third-order valence-electron chi connectivity index (χ3n) is 6.37. The van der Waals surface area contributed by atoms with Crippen LogP contribution in [0.5, 0.6) is 17.2 Å². The van der Waals surface area contributed by atoms with Gasteiger partial charge in [0.2, 0.25) is 0 Å². The molecule has 1 aliphatic carbocycles. The lowest BCUT2D eigenvalue weighted by Gasteiger charge is -2.25. The molecule has 2 aromatic carbocycles. The summed E-state index contributed by atoms with van der Waals surface area (Å²) in [6.45, 7) is 1.88. The molecule has 1 fully saturated rings. The quantitative estimate of drug-likeness (QED) is 0.0829. The summed E-state index contributed by atoms with van der Waals surface area (Å²) in [5.74, 6) is 5.55. The number of thioether (sulfide) groups is 3. The van der Waals surface area contributed by atoms with E-state index in [1.807, 2.05) is 36.0 Å². The van der Waals surface area contributed by atoms with Gasteiger partial charge in [0.15, 0.2) is 0 Å². The summed E-state index contributed by atoms with van der Waals surface area (Å²) in [5, 5.41) is 0. The number of benzene rings is 2. The average Bonchev–Trinajstić information content (AvgIpc) is 2.98. The molecule has 2 aromatic rings. The van der Waals surface area contributed by atoms with Gasteiger partial charge in [-0.1, -0.05) is 12.1 Å². The fourth-order valence-corrected chi connectivity index (χ4v) is 6.25. The van der Waals surface area contributed by atoms with Gasteiger partial charge < -0.3 is 23.7 Å². The maximum Gasteiger partial charge on any atom is 0.314 e. The minimum absolute atomic E-state index is 0.213. The van der Waals surface area contributed by atoms with E-state index in [0.29, 0.717) is 56.3 Å². The molecule has 0 N–H and O–H groups in total. The molecule has 0 spiro atoms. The fourth-order valence-electron chi connectivity index (χ4n) is 4.10. The van der Waals surface area contributed by atoms with E-state index < -0.39 is 0 Å². The zero-order valence-corrected chi connectivity index (χ0v) is 25.8. The molecule has 1 saturated carbocycles. The van der Waals surface area contributed by atoms with E-state index in [0.717, 1.165) is 40.9 Å². The van der Waals surface area contributed by atoms with Gasteiger partial charge in [-0.25, -0.2) is 0 Å². The van der Waals surface area contributed by atoms with Gasteiger partial charge in [0.1, 0.15) is 17.2 Å². The van der Waals surface area contributed by atoms with E-state index in [9.17, 15) is 9.59 Å². The molecule has 1 aliphatic rings. The highest BCUT2D eigenvalue weighted by Gasteiger charge is 2.32. The van der Waals surface area contributed by atoms with E-state index >= 15 is 0 Å². The SMILES string of the molecule is COCCSCCOc1ccc(OC(=O)[C@H]2CC[C@H](C(=O)Oc3ccc(COCSCCSC)cc3)CC2)cc1. The number of hydrogen-bond donors (Lipinski definition) is 0. The van der Waals surface area contributed by atoms with Gasteiger partial charge in [-0.05, 0) is 73.9 Å². The number of carbonyl (C=O) groups is 2. The summed E-state index contributed by atoms with van der Waals surface area (Å²) in [6.07, 6.45) is 4.52. The van der Waals surface area contributed by atoms with E-state index in [1.54, 1.807) is 54.9 Å². The van der Waals surface area contributed by atoms with Gasteiger partial charge in [0, 0.05) is 30.1 Å². The monoisotopic (exact) mass is 608 g/mol. The number of rotatable bonds is 18. The smallest absolute Gasteiger partial charge is 0.314 e. The topological polar surface area (TPSA) is 80.3 Å². The molecule has 0 radical (unpaired) electrons. The van der Waals surface area contributed by atoms with Crippen LogP contribution in [-0.4, -0.2) is 67.5 Å². The van der Waals surface area contributed by atoms with E-state index in [-0.39, 0.29) is 23.8 Å². The first-order chi connectivity index (χ1) is 19.6. The van der Waals surface area contributed by atoms with Crippen LogP contribution in [0.3, 0.4) is 0 Å². The van der Waals surface area contributed by atoms with Crippen molar-refractivity contribution >= 4 is 47.2 Å². The zero-order chi connectivity index (χ0) is 28.4. The minimum Gasteiger partial charge on any atom is -0.493 e.